The van der Waals surface area contributed by atoms with E-state index in [-0.39, 0.29) is 17.9 Å². The molecule has 0 unspecified atom stereocenters. The zero-order valence-electron chi connectivity index (χ0n) is 12.5. The Kier molecular flexibility index (Phi) is 2.72. The van der Waals surface area contributed by atoms with Crippen molar-refractivity contribution in [2.24, 2.45) is 11.8 Å². The van der Waals surface area contributed by atoms with Crippen LogP contribution < -0.4 is 9.64 Å². The number of hydrogen-bond acceptors (Lipinski definition) is 4. The third-order valence-electron chi connectivity index (χ3n) is 4.74. The molecule has 1 aromatic carbocycles. The van der Waals surface area contributed by atoms with Crippen LogP contribution in [0.2, 0.25) is 0 Å². The third kappa shape index (κ3) is 1.63. The van der Waals surface area contributed by atoms with Gasteiger partial charge in [-0.15, -0.1) is 0 Å². The summed E-state index contributed by atoms with van der Waals surface area (Å²) in [6.07, 6.45) is 3.53. The molecule has 1 aromatic rings. The smallest absolute Gasteiger partial charge is 0.241 e. The summed E-state index contributed by atoms with van der Waals surface area (Å²) < 4.78 is 11.2. The lowest BCUT2D eigenvalue weighted by Crippen LogP contribution is -2.38. The van der Waals surface area contributed by atoms with Crippen LogP contribution in [0.15, 0.2) is 36.4 Å². The van der Waals surface area contributed by atoms with Crippen LogP contribution in [-0.2, 0) is 14.3 Å². The van der Waals surface area contributed by atoms with E-state index in [1.54, 1.807) is 24.3 Å². The third-order valence-corrected chi connectivity index (χ3v) is 4.74. The molecule has 3 aliphatic heterocycles. The molecular formula is C17H17NO4. The van der Waals surface area contributed by atoms with Crippen LogP contribution >= 0.6 is 0 Å². The summed E-state index contributed by atoms with van der Waals surface area (Å²) in [4.78, 5) is 26.8. The van der Waals surface area contributed by atoms with E-state index in [4.69, 9.17) is 9.47 Å². The van der Waals surface area contributed by atoms with Crippen molar-refractivity contribution in [2.75, 3.05) is 11.5 Å². The highest BCUT2D eigenvalue weighted by Gasteiger charge is 2.65. The summed E-state index contributed by atoms with van der Waals surface area (Å²) in [5.74, 6) is -0.427. The maximum absolute atomic E-state index is 12.8. The van der Waals surface area contributed by atoms with Crippen LogP contribution in [-0.4, -0.2) is 30.1 Å². The number of amides is 2. The molecule has 3 heterocycles. The molecule has 0 aliphatic carbocycles. The summed E-state index contributed by atoms with van der Waals surface area (Å²) in [7, 11) is 0. The highest BCUT2D eigenvalue weighted by Crippen LogP contribution is 2.52. The van der Waals surface area contributed by atoms with Gasteiger partial charge >= 0.3 is 0 Å². The number of benzene rings is 1. The molecule has 0 N–H and O–H groups in total. The molecule has 0 aromatic heterocycles. The number of ether oxygens (including phenoxy) is 2. The predicted octanol–water partition coefficient (Wildman–Crippen LogP) is 1.92. The van der Waals surface area contributed by atoms with Crippen molar-refractivity contribution in [2.45, 2.75) is 25.6 Å². The van der Waals surface area contributed by atoms with Crippen molar-refractivity contribution < 1.29 is 19.1 Å². The molecule has 4 rings (SSSR count). The summed E-state index contributed by atoms with van der Waals surface area (Å²) in [6, 6.07) is 7.05. The molecule has 2 amide bonds. The number of nitrogens with zero attached hydrogens (tertiary/aromatic N) is 1. The highest BCUT2D eigenvalue weighted by molar-refractivity contribution is 6.23. The van der Waals surface area contributed by atoms with Gasteiger partial charge in [0, 0.05) is 0 Å². The summed E-state index contributed by atoms with van der Waals surface area (Å²) in [6.45, 7) is 4.36. The number of hydrogen-bond donors (Lipinski definition) is 0. The van der Waals surface area contributed by atoms with Gasteiger partial charge in [0.05, 0.1) is 35.8 Å². The minimum atomic E-state index is -0.651. The van der Waals surface area contributed by atoms with E-state index >= 15 is 0 Å². The van der Waals surface area contributed by atoms with Crippen molar-refractivity contribution in [3.05, 3.63) is 36.4 Å². The summed E-state index contributed by atoms with van der Waals surface area (Å²) >= 11 is 0. The summed E-state index contributed by atoms with van der Waals surface area (Å²) in [5.41, 5.74) is -0.0573. The minimum absolute atomic E-state index is 0.169. The Bertz CT molecular complexity index is 680. The number of fused-ring (bicyclic) bond motifs is 5. The Morgan fingerprint density at radius 2 is 1.95 bits per heavy atom. The van der Waals surface area contributed by atoms with Crippen LogP contribution in [0.4, 0.5) is 5.69 Å². The van der Waals surface area contributed by atoms with Gasteiger partial charge < -0.3 is 9.47 Å². The van der Waals surface area contributed by atoms with Gasteiger partial charge in [0.2, 0.25) is 11.8 Å². The normalized spacial score (nSPS) is 35.4. The van der Waals surface area contributed by atoms with E-state index in [0.717, 1.165) is 5.75 Å². The second kappa shape index (κ2) is 4.43. The maximum Gasteiger partial charge on any atom is 0.241 e. The van der Waals surface area contributed by atoms with Gasteiger partial charge in [-0.2, -0.15) is 0 Å². The number of carbonyl (C=O) groups excluding carboxylic acids is 2. The standard InChI is InChI=1S/C17H17NO4/c1-3-21-11-6-4-10(5-7-11)18-15(19)13-12-8-9-17(2,22-12)14(13)16(18)20/h4-9,12-14H,3H2,1-2H3/t12-,13-,14-,17-/m1/s1. The molecule has 114 valence electrons. The number of carbonyl (C=O) groups is 2. The fraction of sp³-hybridized carbons (Fsp3) is 0.412. The van der Waals surface area contributed by atoms with Crippen molar-refractivity contribution in [1.82, 2.24) is 0 Å². The van der Waals surface area contributed by atoms with Gasteiger partial charge in [-0.3, -0.25) is 9.59 Å². The van der Waals surface area contributed by atoms with Gasteiger partial charge in [0.15, 0.2) is 0 Å². The monoisotopic (exact) mass is 299 g/mol. The Morgan fingerprint density at radius 1 is 1.23 bits per heavy atom. The first-order chi connectivity index (χ1) is 10.5. The van der Waals surface area contributed by atoms with Gasteiger partial charge in [0.1, 0.15) is 5.75 Å². The fourth-order valence-electron chi connectivity index (χ4n) is 3.77. The van der Waals surface area contributed by atoms with Gasteiger partial charge in [-0.25, -0.2) is 4.90 Å². The molecule has 0 spiro atoms. The first-order valence-corrected chi connectivity index (χ1v) is 7.53. The summed E-state index contributed by atoms with van der Waals surface area (Å²) in [5, 5.41) is 0. The van der Waals surface area contributed by atoms with E-state index in [2.05, 4.69) is 0 Å². The number of imide groups is 1. The van der Waals surface area contributed by atoms with Crippen LogP contribution in [0.5, 0.6) is 5.75 Å². The van der Waals surface area contributed by atoms with Crippen molar-refractivity contribution in [3.63, 3.8) is 0 Å². The Hall–Kier alpha value is -2.14. The SMILES string of the molecule is CCOc1ccc(N2C(=O)[C@@H]3[C@H]4C=C[C@@](C)(O4)[C@H]3C2=O)cc1. The topological polar surface area (TPSA) is 55.8 Å². The number of rotatable bonds is 3. The lowest BCUT2D eigenvalue weighted by atomic mass is 9.78. The largest absolute Gasteiger partial charge is 0.494 e. The second-order valence-electron chi connectivity index (χ2n) is 6.07. The van der Waals surface area contributed by atoms with Crippen LogP contribution in [0.1, 0.15) is 13.8 Å². The van der Waals surface area contributed by atoms with Crippen molar-refractivity contribution >= 4 is 17.5 Å². The molecule has 22 heavy (non-hydrogen) atoms. The van der Waals surface area contributed by atoms with E-state index in [0.29, 0.717) is 12.3 Å². The maximum atomic E-state index is 12.8. The molecule has 5 nitrogen and oxygen atoms in total. The van der Waals surface area contributed by atoms with Gasteiger partial charge in [0.25, 0.3) is 0 Å². The Balaban J connectivity index is 1.67. The average molecular weight is 299 g/mol. The molecule has 0 radical (unpaired) electrons. The Morgan fingerprint density at radius 3 is 2.59 bits per heavy atom. The van der Waals surface area contributed by atoms with E-state index in [1.165, 1.54) is 4.90 Å². The molecule has 2 saturated heterocycles. The predicted molar refractivity (Wildman–Crippen MR) is 79.5 cm³/mol. The fourth-order valence-corrected chi connectivity index (χ4v) is 3.77. The first-order valence-electron chi connectivity index (χ1n) is 7.53. The first kappa shape index (κ1) is 13.5. The van der Waals surface area contributed by atoms with E-state index in [1.807, 2.05) is 26.0 Å². The second-order valence-corrected chi connectivity index (χ2v) is 6.07. The molecule has 4 atom stereocenters. The van der Waals surface area contributed by atoms with Crippen molar-refractivity contribution in [1.29, 1.82) is 0 Å². The lowest BCUT2D eigenvalue weighted by Gasteiger charge is -2.24. The van der Waals surface area contributed by atoms with Crippen LogP contribution in [0, 0.1) is 11.8 Å². The molecule has 5 heteroatoms. The zero-order valence-corrected chi connectivity index (χ0v) is 12.5. The number of anilines is 1. The van der Waals surface area contributed by atoms with E-state index in [9.17, 15) is 9.59 Å². The minimum Gasteiger partial charge on any atom is -0.494 e. The lowest BCUT2D eigenvalue weighted by molar-refractivity contribution is -0.126. The van der Waals surface area contributed by atoms with E-state index < -0.39 is 17.4 Å². The van der Waals surface area contributed by atoms with Crippen LogP contribution in [0.3, 0.4) is 0 Å². The molecule has 0 saturated carbocycles. The van der Waals surface area contributed by atoms with Crippen LogP contribution in [0.25, 0.3) is 0 Å². The average Bonchev–Trinajstić information content (AvgIpc) is 3.10. The zero-order chi connectivity index (χ0) is 15.5. The van der Waals surface area contributed by atoms with Crippen molar-refractivity contribution in [3.8, 4) is 5.75 Å². The van der Waals surface area contributed by atoms with Gasteiger partial charge in [-0.1, -0.05) is 12.2 Å². The van der Waals surface area contributed by atoms with Gasteiger partial charge in [-0.05, 0) is 38.1 Å². The Labute approximate surface area is 128 Å². The molecule has 2 bridgehead atoms. The molecular weight excluding hydrogens is 282 g/mol. The highest BCUT2D eigenvalue weighted by atomic mass is 16.5. The quantitative estimate of drug-likeness (QED) is 0.632. The molecule has 3 aliphatic rings. The molecule has 2 fully saturated rings.